The van der Waals surface area contributed by atoms with Gasteiger partial charge in [0.05, 0.1) is 11.9 Å². The molecule has 0 bridgehead atoms. The van der Waals surface area contributed by atoms with Gasteiger partial charge in [-0.15, -0.1) is 0 Å². The third-order valence-corrected chi connectivity index (χ3v) is 6.67. The molecule has 0 radical (unpaired) electrons. The van der Waals surface area contributed by atoms with Crippen LogP contribution in [0.4, 0.5) is 0 Å². The fraction of sp³-hybridized carbons (Fsp3) is 0.571. The Labute approximate surface area is 174 Å². The van der Waals surface area contributed by atoms with E-state index in [0.717, 1.165) is 51.3 Å². The second kappa shape index (κ2) is 10.8. The Balaban J connectivity index is 1.43. The van der Waals surface area contributed by atoms with E-state index >= 15 is 0 Å². The topological polar surface area (TPSA) is 83.0 Å². The zero-order valence-electron chi connectivity index (χ0n) is 17.1. The molecule has 2 N–H and O–H groups in total. The summed E-state index contributed by atoms with van der Waals surface area (Å²) in [4.78, 5) is 6.46. The van der Waals surface area contributed by atoms with E-state index in [9.17, 15) is 8.42 Å². The number of sulfonamides is 1. The van der Waals surface area contributed by atoms with Gasteiger partial charge >= 0.3 is 0 Å². The lowest BCUT2D eigenvalue weighted by Gasteiger charge is -2.29. The fourth-order valence-electron chi connectivity index (χ4n) is 3.67. The Morgan fingerprint density at radius 3 is 2.76 bits per heavy atom. The Hall–Kier alpha value is -1.90. The zero-order valence-corrected chi connectivity index (χ0v) is 18.0. The number of ether oxygens (including phenoxy) is 1. The predicted octanol–water partition coefficient (Wildman–Crippen LogP) is 1.84. The molecule has 1 atom stereocenters. The first-order valence-corrected chi connectivity index (χ1v) is 12.0. The molecular weight excluding hydrogens is 388 g/mol. The summed E-state index contributed by atoms with van der Waals surface area (Å²) in [6, 6.07) is 10.4. The van der Waals surface area contributed by atoms with Gasteiger partial charge in [-0.3, -0.25) is 4.99 Å². The molecule has 0 saturated carbocycles. The van der Waals surface area contributed by atoms with Gasteiger partial charge in [-0.05, 0) is 36.8 Å². The van der Waals surface area contributed by atoms with Gasteiger partial charge in [-0.25, -0.2) is 13.1 Å². The Morgan fingerprint density at radius 1 is 1.28 bits per heavy atom. The fourth-order valence-corrected chi connectivity index (χ4v) is 4.62. The molecule has 2 aliphatic rings. The van der Waals surface area contributed by atoms with Gasteiger partial charge in [0.1, 0.15) is 0 Å². The number of rotatable bonds is 7. The Bertz CT molecular complexity index is 802. The van der Waals surface area contributed by atoms with Crippen LogP contribution in [0.15, 0.2) is 41.4 Å². The van der Waals surface area contributed by atoms with Crippen LogP contribution in [0.25, 0.3) is 5.57 Å². The van der Waals surface area contributed by atoms with Crippen LogP contribution in [0.1, 0.15) is 31.2 Å². The van der Waals surface area contributed by atoms with E-state index < -0.39 is 10.0 Å². The van der Waals surface area contributed by atoms with Crippen molar-refractivity contribution < 1.29 is 13.2 Å². The maximum Gasteiger partial charge on any atom is 0.213 e. The minimum Gasteiger partial charge on any atom is -0.377 e. The minimum absolute atomic E-state index is 0.00167. The summed E-state index contributed by atoms with van der Waals surface area (Å²) in [5.74, 6) is 0.747. The number of hydrogen-bond acceptors (Lipinski definition) is 4. The second-order valence-corrected chi connectivity index (χ2v) is 9.35. The van der Waals surface area contributed by atoms with Gasteiger partial charge in [0.2, 0.25) is 10.0 Å². The van der Waals surface area contributed by atoms with Crippen LogP contribution in [0.3, 0.4) is 0 Å². The van der Waals surface area contributed by atoms with Crippen LogP contribution in [-0.2, 0) is 14.8 Å². The van der Waals surface area contributed by atoms with Crippen LogP contribution in [0, 0.1) is 0 Å². The van der Waals surface area contributed by atoms with Crippen LogP contribution < -0.4 is 10.0 Å². The lowest BCUT2D eigenvalue weighted by molar-refractivity contribution is 0.0200. The SMILES string of the molecule is CN=C(NCCS(=O)(=O)NCC1CCCCO1)N1CC=C(c2ccccc2)CC1. The lowest BCUT2D eigenvalue weighted by atomic mass is 10.00. The third-order valence-electron chi connectivity index (χ3n) is 5.32. The normalized spacial score (nSPS) is 21.0. The molecule has 2 aliphatic heterocycles. The average Bonchev–Trinajstić information content (AvgIpc) is 2.77. The van der Waals surface area contributed by atoms with Gasteiger partial charge in [-0.2, -0.15) is 0 Å². The molecule has 3 rings (SSSR count). The zero-order chi connectivity index (χ0) is 20.5. The quantitative estimate of drug-likeness (QED) is 0.520. The van der Waals surface area contributed by atoms with Gasteiger partial charge < -0.3 is 15.0 Å². The molecule has 1 saturated heterocycles. The van der Waals surface area contributed by atoms with E-state index in [4.69, 9.17) is 4.74 Å². The molecule has 1 fully saturated rings. The van der Waals surface area contributed by atoms with Crippen molar-refractivity contribution in [1.29, 1.82) is 0 Å². The highest BCUT2D eigenvalue weighted by Gasteiger charge is 2.19. The third kappa shape index (κ3) is 6.83. The number of guanidine groups is 1. The van der Waals surface area contributed by atoms with Crippen molar-refractivity contribution in [1.82, 2.24) is 14.9 Å². The molecule has 0 aromatic heterocycles. The summed E-state index contributed by atoms with van der Waals surface area (Å²) in [6.45, 7) is 3.01. The number of nitrogens with zero attached hydrogens (tertiary/aromatic N) is 2. The van der Waals surface area contributed by atoms with Crippen molar-refractivity contribution in [3.8, 4) is 0 Å². The molecule has 29 heavy (non-hydrogen) atoms. The number of benzene rings is 1. The average molecular weight is 421 g/mol. The summed E-state index contributed by atoms with van der Waals surface area (Å²) in [5, 5.41) is 3.18. The first-order valence-electron chi connectivity index (χ1n) is 10.4. The largest absolute Gasteiger partial charge is 0.377 e. The molecule has 1 aromatic carbocycles. The van der Waals surface area contributed by atoms with Crippen molar-refractivity contribution in [3.63, 3.8) is 0 Å². The van der Waals surface area contributed by atoms with Crippen molar-refractivity contribution in [2.45, 2.75) is 31.8 Å². The summed E-state index contributed by atoms with van der Waals surface area (Å²) >= 11 is 0. The molecule has 0 aliphatic carbocycles. The maximum absolute atomic E-state index is 12.2. The van der Waals surface area contributed by atoms with Crippen LogP contribution >= 0.6 is 0 Å². The number of nitrogens with one attached hydrogen (secondary N) is 2. The summed E-state index contributed by atoms with van der Waals surface area (Å²) in [6.07, 6.45) is 6.23. The highest BCUT2D eigenvalue weighted by molar-refractivity contribution is 7.89. The number of aliphatic imine (C=N–C) groups is 1. The maximum atomic E-state index is 12.2. The molecule has 1 aromatic rings. The van der Waals surface area contributed by atoms with E-state index in [0.29, 0.717) is 13.1 Å². The van der Waals surface area contributed by atoms with Crippen LogP contribution in [0.5, 0.6) is 0 Å². The molecule has 7 nitrogen and oxygen atoms in total. The Kier molecular flexibility index (Phi) is 8.09. The van der Waals surface area contributed by atoms with E-state index in [2.05, 4.69) is 50.3 Å². The smallest absolute Gasteiger partial charge is 0.213 e. The predicted molar refractivity (Wildman–Crippen MR) is 117 cm³/mol. The molecule has 0 spiro atoms. The van der Waals surface area contributed by atoms with E-state index in [-0.39, 0.29) is 11.9 Å². The monoisotopic (exact) mass is 420 g/mol. The minimum atomic E-state index is -3.34. The number of hydrogen-bond donors (Lipinski definition) is 2. The van der Waals surface area contributed by atoms with Gasteiger partial charge in [-0.1, -0.05) is 36.4 Å². The van der Waals surface area contributed by atoms with E-state index in [1.54, 1.807) is 7.05 Å². The van der Waals surface area contributed by atoms with Crippen molar-refractivity contribution in [3.05, 3.63) is 42.0 Å². The molecule has 8 heteroatoms. The van der Waals surface area contributed by atoms with E-state index in [1.165, 1.54) is 11.1 Å². The van der Waals surface area contributed by atoms with Gasteiger partial charge in [0.25, 0.3) is 0 Å². The summed E-state index contributed by atoms with van der Waals surface area (Å²) in [5.41, 5.74) is 2.60. The standard InChI is InChI=1S/C21H32N4O3S/c1-22-21(25-13-10-19(11-14-25)18-7-3-2-4-8-18)23-12-16-29(26,27)24-17-20-9-5-6-15-28-20/h2-4,7-8,10,20,24H,5-6,9,11-17H2,1H3,(H,22,23). The van der Waals surface area contributed by atoms with Crippen molar-refractivity contribution in [2.24, 2.45) is 4.99 Å². The van der Waals surface area contributed by atoms with Gasteiger partial charge in [0, 0.05) is 39.8 Å². The first kappa shape index (κ1) is 21.8. The summed E-state index contributed by atoms with van der Waals surface area (Å²) in [7, 11) is -1.61. The molecule has 1 unspecified atom stereocenters. The van der Waals surface area contributed by atoms with Crippen LogP contribution in [-0.4, -0.2) is 71.0 Å². The van der Waals surface area contributed by atoms with E-state index in [1.807, 2.05) is 6.07 Å². The van der Waals surface area contributed by atoms with Gasteiger partial charge in [0.15, 0.2) is 5.96 Å². The summed E-state index contributed by atoms with van der Waals surface area (Å²) < 4.78 is 32.7. The van der Waals surface area contributed by atoms with Crippen LogP contribution in [0.2, 0.25) is 0 Å². The highest BCUT2D eigenvalue weighted by Crippen LogP contribution is 2.21. The second-order valence-electron chi connectivity index (χ2n) is 7.42. The van der Waals surface area contributed by atoms with Crippen molar-refractivity contribution >= 4 is 21.6 Å². The lowest BCUT2D eigenvalue weighted by Crippen LogP contribution is -2.46. The molecule has 160 valence electrons. The molecular formula is C21H32N4O3S. The molecule has 2 heterocycles. The first-order chi connectivity index (χ1) is 14.1. The Morgan fingerprint density at radius 2 is 2.10 bits per heavy atom. The highest BCUT2D eigenvalue weighted by atomic mass is 32.2. The molecule has 0 amide bonds. The van der Waals surface area contributed by atoms with Crippen molar-refractivity contribution in [2.75, 3.05) is 45.6 Å².